The van der Waals surface area contributed by atoms with Crippen molar-refractivity contribution in [2.24, 2.45) is 18.7 Å². The molecule has 1 atom stereocenters. The Morgan fingerprint density at radius 1 is 1.48 bits per heavy atom. The van der Waals surface area contributed by atoms with Crippen molar-refractivity contribution >= 4 is 35.3 Å². The number of rotatable bonds is 4. The number of aryl methyl sites for hydroxylation is 1. The fourth-order valence-corrected chi connectivity index (χ4v) is 2.10. The van der Waals surface area contributed by atoms with Gasteiger partial charge in [-0.1, -0.05) is 13.8 Å². The maximum Gasteiger partial charge on any atom is 0.243 e. The van der Waals surface area contributed by atoms with Crippen LogP contribution in [0.2, 0.25) is 0 Å². The van der Waals surface area contributed by atoms with E-state index < -0.39 is 6.04 Å². The lowest BCUT2D eigenvalue weighted by atomic mass is 10.0. The minimum atomic E-state index is -0.577. The predicted molar refractivity (Wildman–Crippen MR) is 84.0 cm³/mol. The lowest BCUT2D eigenvalue weighted by molar-refractivity contribution is -0.117. The molecule has 1 amide bonds. The molecule has 0 aliphatic rings. The van der Waals surface area contributed by atoms with Crippen molar-refractivity contribution in [3.8, 4) is 0 Å². The standard InChI is InChI=1S/C14H19FN4O.ClH/c1-8(2)6-10(16)13(20)18-14-17-11-7-9(15)4-5-12(11)19(14)3;/h4-5,7-8,10H,6,16H2,1-3H3,(H,17,18,20);1H/t10-;/m0./s1. The molecule has 0 saturated carbocycles. The van der Waals surface area contributed by atoms with Crippen molar-refractivity contribution in [3.63, 3.8) is 0 Å². The molecule has 2 rings (SSSR count). The Hall–Kier alpha value is -1.66. The molecule has 21 heavy (non-hydrogen) atoms. The van der Waals surface area contributed by atoms with Crippen LogP contribution in [-0.2, 0) is 11.8 Å². The Labute approximate surface area is 129 Å². The molecule has 1 heterocycles. The molecular weight excluding hydrogens is 295 g/mol. The normalized spacial score (nSPS) is 12.3. The maximum atomic E-state index is 13.2. The molecule has 1 aromatic carbocycles. The first-order chi connectivity index (χ1) is 9.38. The first kappa shape index (κ1) is 17.4. The summed E-state index contributed by atoms with van der Waals surface area (Å²) in [6.07, 6.45) is 0.602. The van der Waals surface area contributed by atoms with Crippen LogP contribution in [0.3, 0.4) is 0 Å². The number of fused-ring (bicyclic) bond motifs is 1. The van der Waals surface area contributed by atoms with Crippen LogP contribution in [0.25, 0.3) is 11.0 Å². The highest BCUT2D eigenvalue weighted by atomic mass is 35.5. The molecule has 0 aliphatic carbocycles. The fraction of sp³-hybridized carbons (Fsp3) is 0.429. The van der Waals surface area contributed by atoms with Gasteiger partial charge in [0.2, 0.25) is 11.9 Å². The molecule has 0 bridgehead atoms. The number of nitrogens with one attached hydrogen (secondary N) is 1. The second-order valence-electron chi connectivity index (χ2n) is 5.35. The van der Waals surface area contributed by atoms with Gasteiger partial charge in [0.15, 0.2) is 0 Å². The molecule has 0 fully saturated rings. The Morgan fingerprint density at radius 2 is 2.14 bits per heavy atom. The van der Waals surface area contributed by atoms with Crippen LogP contribution in [0.5, 0.6) is 0 Å². The van der Waals surface area contributed by atoms with Gasteiger partial charge < -0.3 is 10.3 Å². The number of hydrogen-bond acceptors (Lipinski definition) is 3. The van der Waals surface area contributed by atoms with Gasteiger partial charge >= 0.3 is 0 Å². The minimum Gasteiger partial charge on any atom is -0.320 e. The molecular formula is C14H20ClFN4O. The number of anilines is 1. The first-order valence-electron chi connectivity index (χ1n) is 6.57. The summed E-state index contributed by atoms with van der Waals surface area (Å²) in [7, 11) is 1.76. The number of hydrogen-bond donors (Lipinski definition) is 2. The van der Waals surface area contributed by atoms with E-state index in [0.717, 1.165) is 5.52 Å². The summed E-state index contributed by atoms with van der Waals surface area (Å²) in [5.41, 5.74) is 7.07. The third-order valence-corrected chi connectivity index (χ3v) is 3.14. The number of benzene rings is 1. The molecule has 1 aromatic heterocycles. The summed E-state index contributed by atoms with van der Waals surface area (Å²) >= 11 is 0. The summed E-state index contributed by atoms with van der Waals surface area (Å²) in [5.74, 6) is 0.0719. The molecule has 0 aliphatic heterocycles. The number of carbonyl (C=O) groups is 1. The zero-order valence-electron chi connectivity index (χ0n) is 12.3. The van der Waals surface area contributed by atoms with E-state index in [9.17, 15) is 9.18 Å². The number of nitrogens with zero attached hydrogens (tertiary/aromatic N) is 2. The molecule has 5 nitrogen and oxygen atoms in total. The summed E-state index contributed by atoms with van der Waals surface area (Å²) in [6.45, 7) is 4.01. The van der Waals surface area contributed by atoms with Gasteiger partial charge in [0.1, 0.15) is 5.82 Å². The van der Waals surface area contributed by atoms with E-state index in [4.69, 9.17) is 5.73 Å². The number of halogens is 2. The van der Waals surface area contributed by atoms with Crippen LogP contribution in [0, 0.1) is 11.7 Å². The number of nitrogens with two attached hydrogens (primary N) is 1. The van der Waals surface area contributed by atoms with E-state index in [1.54, 1.807) is 17.7 Å². The van der Waals surface area contributed by atoms with Gasteiger partial charge in [-0.3, -0.25) is 10.1 Å². The molecule has 0 unspecified atom stereocenters. The van der Waals surface area contributed by atoms with Crippen molar-refractivity contribution in [2.45, 2.75) is 26.3 Å². The largest absolute Gasteiger partial charge is 0.320 e. The number of carbonyl (C=O) groups excluding carboxylic acids is 1. The third kappa shape index (κ3) is 3.92. The van der Waals surface area contributed by atoms with Crippen LogP contribution < -0.4 is 11.1 Å². The molecule has 0 radical (unpaired) electrons. The van der Waals surface area contributed by atoms with Crippen molar-refractivity contribution in [2.75, 3.05) is 5.32 Å². The van der Waals surface area contributed by atoms with E-state index in [-0.39, 0.29) is 24.1 Å². The van der Waals surface area contributed by atoms with Crippen LogP contribution in [0.15, 0.2) is 18.2 Å². The smallest absolute Gasteiger partial charge is 0.243 e. The SMILES string of the molecule is CC(C)C[C@H](N)C(=O)Nc1nc2cc(F)ccc2n1C.Cl. The maximum absolute atomic E-state index is 13.2. The highest BCUT2D eigenvalue weighted by Gasteiger charge is 2.18. The van der Waals surface area contributed by atoms with Gasteiger partial charge in [-0.25, -0.2) is 9.37 Å². The zero-order valence-corrected chi connectivity index (χ0v) is 13.1. The van der Waals surface area contributed by atoms with E-state index in [1.807, 2.05) is 13.8 Å². The molecule has 2 aromatic rings. The summed E-state index contributed by atoms with van der Waals surface area (Å²) in [4.78, 5) is 16.2. The number of aromatic nitrogens is 2. The van der Waals surface area contributed by atoms with Crippen LogP contribution in [0.1, 0.15) is 20.3 Å². The topological polar surface area (TPSA) is 72.9 Å². The van der Waals surface area contributed by atoms with Gasteiger partial charge in [0.25, 0.3) is 0 Å². The van der Waals surface area contributed by atoms with Crippen molar-refractivity contribution < 1.29 is 9.18 Å². The lowest BCUT2D eigenvalue weighted by Gasteiger charge is -2.13. The fourth-order valence-electron chi connectivity index (χ4n) is 2.10. The predicted octanol–water partition coefficient (Wildman–Crippen LogP) is 2.45. The van der Waals surface area contributed by atoms with E-state index in [0.29, 0.717) is 23.8 Å². The first-order valence-corrected chi connectivity index (χ1v) is 6.57. The molecule has 0 spiro atoms. The Morgan fingerprint density at radius 3 is 2.76 bits per heavy atom. The third-order valence-electron chi connectivity index (χ3n) is 3.14. The van der Waals surface area contributed by atoms with Gasteiger partial charge in [-0.2, -0.15) is 0 Å². The number of amides is 1. The lowest BCUT2D eigenvalue weighted by Crippen LogP contribution is -2.37. The molecule has 3 N–H and O–H groups in total. The van der Waals surface area contributed by atoms with E-state index in [1.165, 1.54) is 12.1 Å². The second kappa shape index (κ2) is 6.87. The van der Waals surface area contributed by atoms with Gasteiger partial charge in [0.05, 0.1) is 17.1 Å². The average Bonchev–Trinajstić information content (AvgIpc) is 2.64. The summed E-state index contributed by atoms with van der Waals surface area (Å²) < 4.78 is 14.9. The van der Waals surface area contributed by atoms with Crippen molar-refractivity contribution in [3.05, 3.63) is 24.0 Å². The molecule has 0 saturated heterocycles. The van der Waals surface area contributed by atoms with Gasteiger partial charge in [0, 0.05) is 13.1 Å². The highest BCUT2D eigenvalue weighted by Crippen LogP contribution is 2.19. The van der Waals surface area contributed by atoms with Crippen LogP contribution in [-0.4, -0.2) is 21.5 Å². The monoisotopic (exact) mass is 314 g/mol. The summed E-state index contributed by atoms with van der Waals surface area (Å²) in [5, 5.41) is 2.69. The number of imidazole rings is 1. The highest BCUT2D eigenvalue weighted by molar-refractivity contribution is 5.94. The quantitative estimate of drug-likeness (QED) is 0.910. The van der Waals surface area contributed by atoms with Crippen LogP contribution >= 0.6 is 12.4 Å². The Bertz CT molecular complexity index is 641. The average molecular weight is 315 g/mol. The minimum absolute atomic E-state index is 0. The molecule has 7 heteroatoms. The second-order valence-corrected chi connectivity index (χ2v) is 5.35. The van der Waals surface area contributed by atoms with Crippen LogP contribution in [0.4, 0.5) is 10.3 Å². The van der Waals surface area contributed by atoms with Gasteiger partial charge in [-0.15, -0.1) is 12.4 Å². The molecule has 116 valence electrons. The van der Waals surface area contributed by atoms with Crippen molar-refractivity contribution in [1.29, 1.82) is 0 Å². The summed E-state index contributed by atoms with van der Waals surface area (Å²) in [6, 6.07) is 3.74. The van der Waals surface area contributed by atoms with Crippen molar-refractivity contribution in [1.82, 2.24) is 9.55 Å². The Kier molecular flexibility index (Phi) is 5.69. The zero-order chi connectivity index (χ0) is 14.9. The van der Waals surface area contributed by atoms with Gasteiger partial charge in [-0.05, 0) is 24.5 Å². The van der Waals surface area contributed by atoms with E-state index >= 15 is 0 Å². The van der Waals surface area contributed by atoms with E-state index in [2.05, 4.69) is 10.3 Å². The Balaban J connectivity index is 0.00000220.